The highest BCUT2D eigenvalue weighted by Crippen LogP contribution is 2.28. The summed E-state index contributed by atoms with van der Waals surface area (Å²) in [4.78, 5) is 13.1. The second kappa shape index (κ2) is 5.21. The average Bonchev–Trinajstić information content (AvgIpc) is 3.08. The first kappa shape index (κ1) is 11.9. The summed E-state index contributed by atoms with van der Waals surface area (Å²) >= 11 is 0. The Kier molecular flexibility index (Phi) is 3.26. The van der Waals surface area contributed by atoms with Crippen molar-refractivity contribution in [2.45, 2.75) is 19.8 Å². The summed E-state index contributed by atoms with van der Waals surface area (Å²) in [6.07, 6.45) is 6.11. The second-order valence-electron chi connectivity index (χ2n) is 4.59. The SMILES string of the molecule is CCNc1nc(NCC2CC2)nc(-n2cccn2)n1. The molecule has 2 heterocycles. The van der Waals surface area contributed by atoms with Crippen molar-refractivity contribution in [2.24, 2.45) is 5.92 Å². The maximum Gasteiger partial charge on any atom is 0.257 e. The van der Waals surface area contributed by atoms with Gasteiger partial charge in [0.05, 0.1) is 0 Å². The fourth-order valence-corrected chi connectivity index (χ4v) is 1.73. The molecule has 2 aromatic heterocycles. The lowest BCUT2D eigenvalue weighted by atomic mass is 10.4. The fourth-order valence-electron chi connectivity index (χ4n) is 1.73. The summed E-state index contributed by atoms with van der Waals surface area (Å²) in [5.41, 5.74) is 0. The first-order chi connectivity index (χ1) is 9.35. The van der Waals surface area contributed by atoms with Gasteiger partial charge in [-0.05, 0) is 31.7 Å². The molecule has 1 aliphatic rings. The number of anilines is 2. The van der Waals surface area contributed by atoms with E-state index >= 15 is 0 Å². The molecule has 2 aromatic rings. The molecule has 0 radical (unpaired) electrons. The topological polar surface area (TPSA) is 80.5 Å². The molecule has 19 heavy (non-hydrogen) atoms. The van der Waals surface area contributed by atoms with Gasteiger partial charge in [-0.3, -0.25) is 0 Å². The van der Waals surface area contributed by atoms with Crippen molar-refractivity contribution >= 4 is 11.9 Å². The van der Waals surface area contributed by atoms with Crippen LogP contribution in [0, 0.1) is 5.92 Å². The van der Waals surface area contributed by atoms with E-state index in [0.717, 1.165) is 19.0 Å². The van der Waals surface area contributed by atoms with Gasteiger partial charge in [-0.2, -0.15) is 20.1 Å². The monoisotopic (exact) mass is 259 g/mol. The summed E-state index contributed by atoms with van der Waals surface area (Å²) in [6.45, 7) is 3.70. The van der Waals surface area contributed by atoms with Crippen LogP contribution in [0.4, 0.5) is 11.9 Å². The molecule has 1 fully saturated rings. The van der Waals surface area contributed by atoms with Crippen LogP contribution >= 0.6 is 0 Å². The average molecular weight is 259 g/mol. The van der Waals surface area contributed by atoms with Crippen molar-refractivity contribution in [3.05, 3.63) is 18.5 Å². The summed E-state index contributed by atoms with van der Waals surface area (Å²) in [7, 11) is 0. The molecule has 7 nitrogen and oxygen atoms in total. The van der Waals surface area contributed by atoms with E-state index in [9.17, 15) is 0 Å². The van der Waals surface area contributed by atoms with Crippen LogP contribution in [0.5, 0.6) is 0 Å². The lowest BCUT2D eigenvalue weighted by Gasteiger charge is -2.08. The third-order valence-corrected chi connectivity index (χ3v) is 2.91. The van der Waals surface area contributed by atoms with Crippen molar-refractivity contribution in [2.75, 3.05) is 23.7 Å². The molecule has 2 N–H and O–H groups in total. The Hall–Kier alpha value is -2.18. The van der Waals surface area contributed by atoms with Gasteiger partial charge in [0.1, 0.15) is 0 Å². The van der Waals surface area contributed by atoms with Crippen LogP contribution in [0.3, 0.4) is 0 Å². The Bertz CT molecular complexity index is 533. The lowest BCUT2D eigenvalue weighted by molar-refractivity contribution is 0.789. The third-order valence-electron chi connectivity index (χ3n) is 2.91. The van der Waals surface area contributed by atoms with E-state index in [1.54, 1.807) is 10.9 Å². The van der Waals surface area contributed by atoms with Gasteiger partial charge < -0.3 is 10.6 Å². The van der Waals surface area contributed by atoms with Gasteiger partial charge in [-0.25, -0.2) is 4.68 Å². The smallest absolute Gasteiger partial charge is 0.257 e. The van der Waals surface area contributed by atoms with Gasteiger partial charge in [0, 0.05) is 25.5 Å². The summed E-state index contributed by atoms with van der Waals surface area (Å²) < 4.78 is 1.63. The number of hydrogen-bond acceptors (Lipinski definition) is 6. The van der Waals surface area contributed by atoms with Crippen LogP contribution in [-0.4, -0.2) is 37.8 Å². The highest BCUT2D eigenvalue weighted by molar-refractivity contribution is 5.37. The lowest BCUT2D eigenvalue weighted by Crippen LogP contribution is -2.14. The second-order valence-corrected chi connectivity index (χ2v) is 4.59. The van der Waals surface area contributed by atoms with Crippen molar-refractivity contribution in [1.82, 2.24) is 24.7 Å². The zero-order valence-electron chi connectivity index (χ0n) is 10.9. The van der Waals surface area contributed by atoms with Gasteiger partial charge in [0.2, 0.25) is 11.9 Å². The number of hydrogen-bond donors (Lipinski definition) is 2. The minimum absolute atomic E-state index is 0.522. The van der Waals surface area contributed by atoms with E-state index < -0.39 is 0 Å². The fraction of sp³-hybridized carbons (Fsp3) is 0.500. The zero-order chi connectivity index (χ0) is 13.1. The van der Waals surface area contributed by atoms with E-state index in [4.69, 9.17) is 0 Å². The molecule has 0 aliphatic heterocycles. The third kappa shape index (κ3) is 2.98. The molecule has 0 spiro atoms. The molecule has 0 saturated heterocycles. The minimum atomic E-state index is 0.522. The Labute approximate surface area is 111 Å². The largest absolute Gasteiger partial charge is 0.354 e. The number of nitrogens with one attached hydrogen (secondary N) is 2. The molecule has 1 aliphatic carbocycles. The van der Waals surface area contributed by atoms with Crippen LogP contribution in [-0.2, 0) is 0 Å². The predicted octanol–water partition coefficient (Wildman–Crippen LogP) is 1.31. The molecule has 0 atom stereocenters. The molecule has 0 amide bonds. The zero-order valence-corrected chi connectivity index (χ0v) is 10.9. The molecule has 7 heteroatoms. The number of nitrogens with zero attached hydrogens (tertiary/aromatic N) is 5. The van der Waals surface area contributed by atoms with Crippen molar-refractivity contribution in [1.29, 1.82) is 0 Å². The highest BCUT2D eigenvalue weighted by atomic mass is 15.4. The van der Waals surface area contributed by atoms with Crippen LogP contribution in [0.2, 0.25) is 0 Å². The minimum Gasteiger partial charge on any atom is -0.354 e. The molecule has 0 bridgehead atoms. The Morgan fingerprint density at radius 1 is 1.21 bits per heavy atom. The molecular weight excluding hydrogens is 242 g/mol. The van der Waals surface area contributed by atoms with Crippen LogP contribution in [0.1, 0.15) is 19.8 Å². The molecule has 0 unspecified atom stereocenters. The number of aromatic nitrogens is 5. The van der Waals surface area contributed by atoms with E-state index in [1.165, 1.54) is 12.8 Å². The highest BCUT2D eigenvalue weighted by Gasteiger charge is 2.21. The van der Waals surface area contributed by atoms with Crippen molar-refractivity contribution < 1.29 is 0 Å². The first-order valence-corrected chi connectivity index (χ1v) is 6.59. The standard InChI is InChI=1S/C12H17N7/c1-2-13-10-16-11(14-8-9-4-5-9)18-12(17-10)19-7-3-6-15-19/h3,6-7,9H,2,4-5,8H2,1H3,(H2,13,14,16,17,18). The molecule has 0 aromatic carbocycles. The van der Waals surface area contributed by atoms with Crippen LogP contribution < -0.4 is 10.6 Å². The van der Waals surface area contributed by atoms with E-state index in [1.807, 2.05) is 19.2 Å². The molecule has 100 valence electrons. The maximum atomic E-state index is 4.38. The predicted molar refractivity (Wildman–Crippen MR) is 72.3 cm³/mol. The summed E-state index contributed by atoms with van der Waals surface area (Å²) in [5.74, 6) is 2.46. The van der Waals surface area contributed by atoms with Crippen LogP contribution in [0.15, 0.2) is 18.5 Å². The Morgan fingerprint density at radius 3 is 2.63 bits per heavy atom. The Balaban J connectivity index is 1.84. The maximum absolute atomic E-state index is 4.38. The Morgan fingerprint density at radius 2 is 2.00 bits per heavy atom. The quantitative estimate of drug-likeness (QED) is 0.814. The van der Waals surface area contributed by atoms with Gasteiger partial charge in [0.25, 0.3) is 5.95 Å². The number of rotatable bonds is 6. The molecule has 3 rings (SSSR count). The van der Waals surface area contributed by atoms with E-state index in [2.05, 4.69) is 30.7 Å². The molecular formula is C12H17N7. The van der Waals surface area contributed by atoms with Gasteiger partial charge in [-0.15, -0.1) is 0 Å². The van der Waals surface area contributed by atoms with E-state index in [0.29, 0.717) is 17.8 Å². The normalized spacial score (nSPS) is 14.4. The van der Waals surface area contributed by atoms with E-state index in [-0.39, 0.29) is 0 Å². The molecule has 1 saturated carbocycles. The summed E-state index contributed by atoms with van der Waals surface area (Å²) in [5, 5.41) is 10.5. The van der Waals surface area contributed by atoms with Gasteiger partial charge in [0.15, 0.2) is 0 Å². The van der Waals surface area contributed by atoms with Crippen molar-refractivity contribution in [3.8, 4) is 5.95 Å². The van der Waals surface area contributed by atoms with Gasteiger partial charge in [-0.1, -0.05) is 0 Å². The van der Waals surface area contributed by atoms with Crippen molar-refractivity contribution in [3.63, 3.8) is 0 Å². The summed E-state index contributed by atoms with van der Waals surface area (Å²) in [6, 6.07) is 1.84. The first-order valence-electron chi connectivity index (χ1n) is 6.59. The van der Waals surface area contributed by atoms with Crippen LogP contribution in [0.25, 0.3) is 5.95 Å². The van der Waals surface area contributed by atoms with Gasteiger partial charge >= 0.3 is 0 Å².